The molecule has 1 heterocycles. The van der Waals surface area contributed by atoms with Crippen LogP contribution in [-0.4, -0.2) is 56.7 Å². The summed E-state index contributed by atoms with van der Waals surface area (Å²) >= 11 is 0. The summed E-state index contributed by atoms with van der Waals surface area (Å²) in [5.41, 5.74) is 0.692. The van der Waals surface area contributed by atoms with Gasteiger partial charge in [0.25, 0.3) is 0 Å². The van der Waals surface area contributed by atoms with E-state index in [1.807, 2.05) is 24.3 Å². The summed E-state index contributed by atoms with van der Waals surface area (Å²) in [7, 11) is 1.61. The lowest BCUT2D eigenvalue weighted by molar-refractivity contribution is -0.123. The van der Waals surface area contributed by atoms with Crippen LogP contribution in [0.15, 0.2) is 42.5 Å². The molecular formula is C29H41NO7. The van der Waals surface area contributed by atoms with Crippen LogP contribution in [0.25, 0.3) is 0 Å². The van der Waals surface area contributed by atoms with Gasteiger partial charge >= 0.3 is 0 Å². The summed E-state index contributed by atoms with van der Waals surface area (Å²) in [4.78, 5) is 12.8. The van der Waals surface area contributed by atoms with E-state index in [0.717, 1.165) is 31.6 Å². The fourth-order valence-corrected chi connectivity index (χ4v) is 4.60. The topological polar surface area (TPSA) is 95.5 Å². The van der Waals surface area contributed by atoms with E-state index in [1.165, 1.54) is 0 Å². The Bertz CT molecular complexity index is 975. The average molecular weight is 516 g/mol. The Morgan fingerprint density at radius 2 is 1.76 bits per heavy atom. The molecule has 37 heavy (non-hydrogen) atoms. The monoisotopic (exact) mass is 515 g/mol. The molecular weight excluding hydrogens is 474 g/mol. The number of carbonyl (C=O) groups excluding carboxylic acids is 1. The van der Waals surface area contributed by atoms with E-state index in [0.29, 0.717) is 48.4 Å². The Morgan fingerprint density at radius 3 is 2.46 bits per heavy atom. The van der Waals surface area contributed by atoms with Gasteiger partial charge in [0.15, 0.2) is 11.5 Å². The number of methoxy groups -OCH3 is 1. The molecule has 2 atom stereocenters. The number of benzene rings is 2. The van der Waals surface area contributed by atoms with Crippen LogP contribution in [0.1, 0.15) is 58.1 Å². The second kappa shape index (κ2) is 14.1. The molecule has 8 heteroatoms. The van der Waals surface area contributed by atoms with Gasteiger partial charge in [0, 0.05) is 6.61 Å². The number of aliphatic hydroxyl groups excluding tert-OH is 1. The van der Waals surface area contributed by atoms with Gasteiger partial charge in [-0.25, -0.2) is 0 Å². The smallest absolute Gasteiger partial charge is 0.223 e. The van der Waals surface area contributed by atoms with E-state index < -0.39 is 12.1 Å². The van der Waals surface area contributed by atoms with Gasteiger partial charge in [-0.05, 0) is 73.6 Å². The van der Waals surface area contributed by atoms with Crippen molar-refractivity contribution in [1.29, 1.82) is 0 Å². The molecule has 2 aliphatic rings. The van der Waals surface area contributed by atoms with Crippen molar-refractivity contribution >= 4 is 5.91 Å². The zero-order valence-electron chi connectivity index (χ0n) is 21.1. The Balaban J connectivity index is 0.00000380. The molecule has 0 bridgehead atoms. The lowest BCUT2D eigenvalue weighted by Crippen LogP contribution is -2.44. The third-order valence-electron chi connectivity index (χ3n) is 6.63. The lowest BCUT2D eigenvalue weighted by atomic mass is 9.77. The van der Waals surface area contributed by atoms with Crippen LogP contribution in [-0.2, 0) is 9.53 Å². The van der Waals surface area contributed by atoms with Gasteiger partial charge < -0.3 is 34.1 Å². The summed E-state index contributed by atoms with van der Waals surface area (Å²) in [5.74, 6) is 2.93. The first kappa shape index (κ1) is 28.6. The van der Waals surface area contributed by atoms with Crippen molar-refractivity contribution in [3.63, 3.8) is 0 Å². The maximum absolute atomic E-state index is 12.8. The number of hydrogen-bond acceptors (Lipinski definition) is 7. The zero-order chi connectivity index (χ0) is 25.3. The first-order chi connectivity index (χ1) is 17.6. The third kappa shape index (κ3) is 8.01. The zero-order valence-corrected chi connectivity index (χ0v) is 21.1. The number of ether oxygens (including phenoxy) is 5. The van der Waals surface area contributed by atoms with E-state index in [4.69, 9.17) is 23.7 Å². The Labute approximate surface area is 220 Å². The van der Waals surface area contributed by atoms with E-state index in [9.17, 15) is 9.90 Å². The van der Waals surface area contributed by atoms with E-state index in [2.05, 4.69) is 12.2 Å². The predicted octanol–water partition coefficient (Wildman–Crippen LogP) is 4.69. The normalized spacial score (nSPS) is 19.5. The van der Waals surface area contributed by atoms with Gasteiger partial charge in [0.2, 0.25) is 5.91 Å². The first-order valence-corrected chi connectivity index (χ1v) is 12.8. The molecule has 1 aliphatic heterocycles. The minimum absolute atomic E-state index is 0. The number of aliphatic hydroxyl groups is 1. The number of rotatable bonds is 13. The lowest BCUT2D eigenvalue weighted by Gasteiger charge is -2.38. The molecule has 2 aromatic carbocycles. The van der Waals surface area contributed by atoms with Crippen molar-refractivity contribution in [1.82, 2.24) is 5.32 Å². The molecule has 0 spiro atoms. The molecule has 204 valence electrons. The van der Waals surface area contributed by atoms with Crippen LogP contribution in [0.5, 0.6) is 23.0 Å². The van der Waals surface area contributed by atoms with Gasteiger partial charge in [-0.3, -0.25) is 4.79 Å². The highest BCUT2D eigenvalue weighted by Gasteiger charge is 2.35. The standard InChI is InChI=1S/C28H37NO7.CH4/c1-3-11-33-23-15-19(16-23)17-24(28(31)20-4-9-25-26(18-20)36-14-13-35-25)29-27(30)10-12-34-22-7-5-21(32-2)6-8-22;/h4-9,18-19,23-24,28,31H,3,10-17H2,1-2H3,(H,29,30);1H4/t19?,23?,24-,28-;/m1./s1. The maximum atomic E-state index is 12.8. The molecule has 2 N–H and O–H groups in total. The minimum atomic E-state index is -0.872. The van der Waals surface area contributed by atoms with Crippen LogP contribution in [0.3, 0.4) is 0 Å². The predicted molar refractivity (Wildman–Crippen MR) is 142 cm³/mol. The van der Waals surface area contributed by atoms with Crippen molar-refractivity contribution in [2.45, 2.75) is 64.7 Å². The van der Waals surface area contributed by atoms with E-state index in [1.54, 1.807) is 25.3 Å². The van der Waals surface area contributed by atoms with Crippen molar-refractivity contribution < 1.29 is 33.6 Å². The van der Waals surface area contributed by atoms with Crippen LogP contribution < -0.4 is 24.3 Å². The summed E-state index contributed by atoms with van der Waals surface area (Å²) in [6, 6.07) is 12.2. The molecule has 8 nitrogen and oxygen atoms in total. The summed E-state index contributed by atoms with van der Waals surface area (Å²) in [6.45, 7) is 4.09. The third-order valence-corrected chi connectivity index (χ3v) is 6.63. The van der Waals surface area contributed by atoms with Gasteiger partial charge in [-0.2, -0.15) is 0 Å². The number of amides is 1. The highest BCUT2D eigenvalue weighted by Crippen LogP contribution is 2.38. The molecule has 2 aromatic rings. The largest absolute Gasteiger partial charge is 0.497 e. The summed E-state index contributed by atoms with van der Waals surface area (Å²) < 4.78 is 28.0. The minimum Gasteiger partial charge on any atom is -0.497 e. The average Bonchev–Trinajstić information content (AvgIpc) is 2.89. The van der Waals surface area contributed by atoms with Crippen LogP contribution in [0, 0.1) is 5.92 Å². The van der Waals surface area contributed by atoms with E-state index >= 15 is 0 Å². The molecule has 0 saturated heterocycles. The quantitative estimate of drug-likeness (QED) is 0.400. The fraction of sp³-hybridized carbons (Fsp3) is 0.552. The number of fused-ring (bicyclic) bond motifs is 1. The van der Waals surface area contributed by atoms with Crippen molar-refractivity contribution in [3.8, 4) is 23.0 Å². The Kier molecular flexibility index (Phi) is 10.9. The molecule has 1 aliphatic carbocycles. The summed E-state index contributed by atoms with van der Waals surface area (Å²) in [6.07, 6.45) is 3.15. The molecule has 0 radical (unpaired) electrons. The molecule has 0 unspecified atom stereocenters. The second-order valence-electron chi connectivity index (χ2n) is 9.36. The number of nitrogens with one attached hydrogen (secondary N) is 1. The Morgan fingerprint density at radius 1 is 1.05 bits per heavy atom. The highest BCUT2D eigenvalue weighted by molar-refractivity contribution is 5.76. The van der Waals surface area contributed by atoms with Crippen LogP contribution in [0.4, 0.5) is 0 Å². The van der Waals surface area contributed by atoms with Crippen molar-refractivity contribution in [2.24, 2.45) is 5.92 Å². The molecule has 0 aromatic heterocycles. The maximum Gasteiger partial charge on any atom is 0.223 e. The molecule has 1 fully saturated rings. The molecule has 1 saturated carbocycles. The second-order valence-corrected chi connectivity index (χ2v) is 9.36. The van der Waals surface area contributed by atoms with Crippen LogP contribution in [0.2, 0.25) is 0 Å². The first-order valence-electron chi connectivity index (χ1n) is 12.8. The highest BCUT2D eigenvalue weighted by atomic mass is 16.6. The SMILES string of the molecule is C.CCCOC1CC(C[C@@H](NC(=O)CCOc2ccc(OC)cc2)[C@H](O)c2ccc3c(c2)OCCO3)C1. The number of hydrogen-bond donors (Lipinski definition) is 2. The van der Waals surface area contributed by atoms with Gasteiger partial charge in [-0.1, -0.05) is 20.4 Å². The van der Waals surface area contributed by atoms with Gasteiger partial charge in [-0.15, -0.1) is 0 Å². The molecule has 4 rings (SSSR count). The Hall–Kier alpha value is -2.97. The summed E-state index contributed by atoms with van der Waals surface area (Å²) in [5, 5.41) is 14.3. The van der Waals surface area contributed by atoms with E-state index in [-0.39, 0.29) is 32.5 Å². The van der Waals surface area contributed by atoms with Crippen molar-refractivity contribution in [2.75, 3.05) is 33.5 Å². The molecule has 1 amide bonds. The van der Waals surface area contributed by atoms with Gasteiger partial charge in [0.05, 0.1) is 38.4 Å². The van der Waals surface area contributed by atoms with Crippen LogP contribution >= 0.6 is 0 Å². The van der Waals surface area contributed by atoms with Gasteiger partial charge in [0.1, 0.15) is 24.7 Å². The fourth-order valence-electron chi connectivity index (χ4n) is 4.60. The number of carbonyl (C=O) groups is 1. The van der Waals surface area contributed by atoms with Crippen molar-refractivity contribution in [3.05, 3.63) is 48.0 Å².